The lowest BCUT2D eigenvalue weighted by atomic mass is 10.0. The second-order valence-electron chi connectivity index (χ2n) is 3.60. The number of rotatable bonds is 0. The third kappa shape index (κ3) is 1.59. The second-order valence-corrected chi connectivity index (χ2v) is 5.84. The molecule has 1 heterocycles. The number of H-pyrrole nitrogens is 1. The molecule has 0 amide bonds. The average molecular weight is 285 g/mol. The summed E-state index contributed by atoms with van der Waals surface area (Å²) in [4.78, 5) is 3.26. The van der Waals surface area contributed by atoms with Crippen molar-refractivity contribution >= 4 is 28.7 Å². The Morgan fingerprint density at radius 3 is 3.00 bits per heavy atom. The van der Waals surface area contributed by atoms with Gasteiger partial charge < -0.3 is 4.98 Å². The maximum Gasteiger partial charge on any atom is 0.0645 e. The molecule has 0 aliphatic heterocycles. The topological polar surface area (TPSA) is 15.8 Å². The minimum atomic E-state index is 0.112. The first kappa shape index (κ1) is 9.06. The van der Waals surface area contributed by atoms with Gasteiger partial charge in [0.2, 0.25) is 0 Å². The number of halogens is 1. The van der Waals surface area contributed by atoms with Gasteiger partial charge in [-0.25, -0.2) is 0 Å². The summed E-state index contributed by atoms with van der Waals surface area (Å²) in [5.74, 6) is 0. The highest BCUT2D eigenvalue weighted by atomic mass is 127. The lowest BCUT2D eigenvalue weighted by Crippen LogP contribution is -2.08. The van der Waals surface area contributed by atoms with E-state index in [-0.39, 0.29) is 3.42 Å². The highest BCUT2D eigenvalue weighted by Crippen LogP contribution is 2.37. The number of allylic oxidation sites excluding steroid dienone is 3. The van der Waals surface area contributed by atoms with Gasteiger partial charge in [-0.1, -0.05) is 34.7 Å². The van der Waals surface area contributed by atoms with E-state index in [0.29, 0.717) is 0 Å². The SMILES string of the molecule is CC1=Cc2[nH]ccc2[C@@](C)(I)C=C1. The maximum atomic E-state index is 3.26. The predicted octanol–water partition coefficient (Wildman–Crippen LogP) is 3.64. The molecule has 1 N–H and O–H groups in total. The molecule has 1 atom stereocenters. The zero-order chi connectivity index (χ0) is 9.47. The lowest BCUT2D eigenvalue weighted by Gasteiger charge is -2.16. The van der Waals surface area contributed by atoms with Gasteiger partial charge in [0.15, 0.2) is 0 Å². The molecule has 0 saturated carbocycles. The third-order valence-electron chi connectivity index (χ3n) is 2.34. The van der Waals surface area contributed by atoms with E-state index >= 15 is 0 Å². The molecule has 0 unspecified atom stereocenters. The van der Waals surface area contributed by atoms with Crippen LogP contribution in [0.3, 0.4) is 0 Å². The van der Waals surface area contributed by atoms with Crippen LogP contribution in [0.15, 0.2) is 30.0 Å². The monoisotopic (exact) mass is 285 g/mol. The summed E-state index contributed by atoms with van der Waals surface area (Å²) in [6.45, 7) is 4.35. The Labute approximate surface area is 92.1 Å². The van der Waals surface area contributed by atoms with Crippen LogP contribution in [-0.4, -0.2) is 4.98 Å². The molecule has 2 rings (SSSR count). The Morgan fingerprint density at radius 1 is 1.46 bits per heavy atom. The molecular formula is C11H12IN. The highest BCUT2D eigenvalue weighted by molar-refractivity contribution is 14.1. The van der Waals surface area contributed by atoms with E-state index in [0.717, 1.165) is 0 Å². The van der Waals surface area contributed by atoms with Gasteiger partial charge in [0.25, 0.3) is 0 Å². The smallest absolute Gasteiger partial charge is 0.0645 e. The van der Waals surface area contributed by atoms with Gasteiger partial charge in [-0.3, -0.25) is 0 Å². The van der Waals surface area contributed by atoms with Crippen LogP contribution in [0.2, 0.25) is 0 Å². The molecule has 13 heavy (non-hydrogen) atoms. The van der Waals surface area contributed by atoms with Gasteiger partial charge in [-0.05, 0) is 37.1 Å². The van der Waals surface area contributed by atoms with Crippen molar-refractivity contribution in [1.82, 2.24) is 4.98 Å². The standard InChI is InChI=1S/C11H12IN/c1-8-3-5-11(2,12)9-4-6-13-10(9)7-8/h3-7,13H,1-2H3/t11-/m0/s1. The first-order chi connectivity index (χ1) is 6.09. The molecule has 0 bridgehead atoms. The van der Waals surface area contributed by atoms with E-state index in [9.17, 15) is 0 Å². The Bertz CT molecular complexity index is 383. The van der Waals surface area contributed by atoms with Crippen molar-refractivity contribution < 1.29 is 0 Å². The summed E-state index contributed by atoms with van der Waals surface area (Å²) < 4.78 is 0.112. The fourth-order valence-electron chi connectivity index (χ4n) is 1.58. The van der Waals surface area contributed by atoms with Crippen LogP contribution in [0.1, 0.15) is 25.1 Å². The van der Waals surface area contributed by atoms with E-state index in [1.807, 2.05) is 6.20 Å². The van der Waals surface area contributed by atoms with Crippen molar-refractivity contribution in [2.45, 2.75) is 17.3 Å². The lowest BCUT2D eigenvalue weighted by molar-refractivity contribution is 0.927. The van der Waals surface area contributed by atoms with Crippen molar-refractivity contribution in [3.63, 3.8) is 0 Å². The molecule has 0 aromatic carbocycles. The van der Waals surface area contributed by atoms with Gasteiger partial charge in [0.1, 0.15) is 0 Å². The summed E-state index contributed by atoms with van der Waals surface area (Å²) in [7, 11) is 0. The van der Waals surface area contributed by atoms with E-state index < -0.39 is 0 Å². The van der Waals surface area contributed by atoms with Crippen molar-refractivity contribution in [3.8, 4) is 0 Å². The molecular weight excluding hydrogens is 273 g/mol. The highest BCUT2D eigenvalue weighted by Gasteiger charge is 2.23. The van der Waals surface area contributed by atoms with Crippen LogP contribution in [0.25, 0.3) is 6.08 Å². The van der Waals surface area contributed by atoms with Crippen LogP contribution >= 0.6 is 22.6 Å². The number of nitrogens with one attached hydrogen (secondary N) is 1. The molecule has 0 saturated heterocycles. The van der Waals surface area contributed by atoms with Crippen LogP contribution in [0.4, 0.5) is 0 Å². The van der Waals surface area contributed by atoms with Crippen molar-refractivity contribution in [3.05, 3.63) is 41.2 Å². The largest absolute Gasteiger partial charge is 0.361 e. The van der Waals surface area contributed by atoms with Crippen LogP contribution in [0, 0.1) is 0 Å². The molecule has 0 spiro atoms. The molecule has 1 aliphatic rings. The molecule has 0 radical (unpaired) electrons. The zero-order valence-electron chi connectivity index (χ0n) is 7.76. The number of fused-ring (bicyclic) bond motifs is 1. The molecule has 1 nitrogen and oxygen atoms in total. The number of hydrogen-bond acceptors (Lipinski definition) is 0. The number of aromatic amines is 1. The van der Waals surface area contributed by atoms with E-state index in [2.05, 4.69) is 65.7 Å². The zero-order valence-corrected chi connectivity index (χ0v) is 9.92. The van der Waals surface area contributed by atoms with E-state index in [1.165, 1.54) is 16.8 Å². The fraction of sp³-hybridized carbons (Fsp3) is 0.273. The first-order valence-electron chi connectivity index (χ1n) is 4.34. The second kappa shape index (κ2) is 3.01. The first-order valence-corrected chi connectivity index (χ1v) is 5.42. The molecule has 0 fully saturated rings. The van der Waals surface area contributed by atoms with Crippen LogP contribution in [0.5, 0.6) is 0 Å². The molecule has 68 valence electrons. The minimum Gasteiger partial charge on any atom is -0.361 e. The van der Waals surface area contributed by atoms with E-state index in [1.54, 1.807) is 0 Å². The molecule has 2 heteroatoms. The molecule has 1 aliphatic carbocycles. The van der Waals surface area contributed by atoms with Gasteiger partial charge in [0.05, 0.1) is 3.42 Å². The fourth-order valence-corrected chi connectivity index (χ4v) is 2.23. The van der Waals surface area contributed by atoms with Gasteiger partial charge in [0, 0.05) is 11.9 Å². The normalized spacial score (nSPS) is 26.5. The average Bonchev–Trinajstić information content (AvgIpc) is 2.46. The van der Waals surface area contributed by atoms with Crippen molar-refractivity contribution in [2.75, 3.05) is 0 Å². The molecule has 1 aromatic rings. The Kier molecular flexibility index (Phi) is 2.10. The predicted molar refractivity (Wildman–Crippen MR) is 65.0 cm³/mol. The number of hydrogen-bond donors (Lipinski definition) is 1. The van der Waals surface area contributed by atoms with E-state index in [4.69, 9.17) is 0 Å². The summed E-state index contributed by atoms with van der Waals surface area (Å²) in [6, 6.07) is 2.15. The van der Waals surface area contributed by atoms with Crippen LogP contribution in [-0.2, 0) is 3.42 Å². The van der Waals surface area contributed by atoms with Crippen molar-refractivity contribution in [2.24, 2.45) is 0 Å². The van der Waals surface area contributed by atoms with Gasteiger partial charge >= 0.3 is 0 Å². The molecule has 1 aromatic heterocycles. The van der Waals surface area contributed by atoms with Gasteiger partial charge in [-0.2, -0.15) is 0 Å². The van der Waals surface area contributed by atoms with Gasteiger partial charge in [-0.15, -0.1) is 0 Å². The Hall–Kier alpha value is -0.510. The Morgan fingerprint density at radius 2 is 2.23 bits per heavy atom. The number of alkyl halides is 1. The summed E-state index contributed by atoms with van der Waals surface area (Å²) >= 11 is 2.47. The number of aromatic nitrogens is 1. The summed E-state index contributed by atoms with van der Waals surface area (Å²) in [6.07, 6.45) is 8.62. The Balaban J connectivity index is 2.63. The third-order valence-corrected chi connectivity index (χ3v) is 3.28. The summed E-state index contributed by atoms with van der Waals surface area (Å²) in [5.41, 5.74) is 3.89. The summed E-state index contributed by atoms with van der Waals surface area (Å²) in [5, 5.41) is 0. The van der Waals surface area contributed by atoms with Crippen molar-refractivity contribution in [1.29, 1.82) is 0 Å². The van der Waals surface area contributed by atoms with Crippen LogP contribution < -0.4 is 0 Å². The maximum absolute atomic E-state index is 3.26. The minimum absolute atomic E-state index is 0.112. The quantitative estimate of drug-likeness (QED) is 0.553.